The van der Waals surface area contributed by atoms with Gasteiger partial charge in [-0.15, -0.1) is 6.07 Å². The first-order valence-corrected chi connectivity index (χ1v) is 23.7. The third-order valence-electron chi connectivity index (χ3n) is 12.9. The van der Waals surface area contributed by atoms with Crippen LogP contribution in [0.1, 0.15) is 13.8 Å². The predicted molar refractivity (Wildman–Crippen MR) is 277 cm³/mol. The van der Waals surface area contributed by atoms with Gasteiger partial charge in [0.25, 0.3) is 0 Å². The molecule has 0 amide bonds. The molecule has 0 saturated carbocycles. The van der Waals surface area contributed by atoms with E-state index >= 15 is 0 Å². The van der Waals surface area contributed by atoms with E-state index in [9.17, 15) is 2.74 Å². The summed E-state index contributed by atoms with van der Waals surface area (Å²) in [4.78, 5) is 9.12. The molecule has 9 aromatic carbocycles. The van der Waals surface area contributed by atoms with Crippen molar-refractivity contribution in [1.82, 2.24) is 14.1 Å². The zero-order valence-electron chi connectivity index (χ0n) is 42.7. The van der Waals surface area contributed by atoms with Gasteiger partial charge in [0.1, 0.15) is 0 Å². The van der Waals surface area contributed by atoms with Crippen molar-refractivity contribution in [2.75, 3.05) is 9.62 Å². The fourth-order valence-electron chi connectivity index (χ4n) is 9.96. The van der Waals surface area contributed by atoms with Crippen molar-refractivity contribution in [3.8, 4) is 67.5 Å². The van der Waals surface area contributed by atoms with Gasteiger partial charge in [0.2, 0.25) is 0 Å². The number of aromatic nitrogens is 3. The van der Waals surface area contributed by atoms with Gasteiger partial charge in [-0.2, -0.15) is 12.1 Å². The summed E-state index contributed by atoms with van der Waals surface area (Å²) in [5.41, 5.74) is 14.3. The molecule has 11 aromatic rings. The molecule has 0 radical (unpaired) electrons. The molecule has 0 saturated heterocycles. The number of ether oxygens (including phenoxy) is 1. The van der Waals surface area contributed by atoms with Crippen LogP contribution in [0.2, 0.25) is 0 Å². The van der Waals surface area contributed by atoms with Gasteiger partial charge in [0, 0.05) is 11.3 Å². The van der Waals surface area contributed by atoms with Crippen molar-refractivity contribution >= 4 is 46.4 Å². The summed E-state index contributed by atoms with van der Waals surface area (Å²) in [5.74, 6) is 0.255. The van der Waals surface area contributed by atoms with Crippen LogP contribution in [0, 0.1) is 22.8 Å². The number of nitrogens with zero attached hydrogens (tertiary/aromatic N) is 5. The standard InChI is InChI=1S/C61H40BN5O.Pt/c1-42-38-51(45-20-6-3-7-21-45)61(52(39-42)46-36-34-44(35-37-46)43-18-4-2-5-19-43)65-41-64(55-28-12-13-29-56(55)65)47-22-16-23-48(40-47)68-60-33-17-32-59(63-60)67-58-31-15-14-30-57(58)66-54-27-11-9-25-50(54)49-24-8-10-26-53(49)62(66)67;/h2-30,32-39H,1H3;/q-2;/i1D3,17D,32D,33D;. The normalized spacial score (nSPS) is 13.9. The van der Waals surface area contributed by atoms with Crippen LogP contribution < -0.4 is 19.8 Å². The van der Waals surface area contributed by atoms with Gasteiger partial charge < -0.3 is 0 Å². The maximum atomic E-state index is 9.36. The second kappa shape index (κ2) is 16.8. The quantitative estimate of drug-likeness (QED) is 0.112. The summed E-state index contributed by atoms with van der Waals surface area (Å²) in [5, 5.41) is 0. The molecule has 330 valence electrons. The summed E-state index contributed by atoms with van der Waals surface area (Å²) in [6, 6.07) is 73.8. The summed E-state index contributed by atoms with van der Waals surface area (Å²) in [7, 11) is 0. The molecule has 6 nitrogen and oxygen atoms in total. The number of hydrogen-bond donors (Lipinski definition) is 0. The minimum absolute atomic E-state index is 0.146. The third kappa shape index (κ3) is 6.92. The van der Waals surface area contributed by atoms with Gasteiger partial charge in [-0.25, -0.2) is 0 Å². The van der Waals surface area contributed by atoms with Gasteiger partial charge in [-0.3, -0.25) is 0 Å². The molecule has 2 aromatic heterocycles. The minimum atomic E-state index is -2.40. The van der Waals surface area contributed by atoms with E-state index in [-0.39, 0.29) is 41.1 Å². The number of aryl methyl sites for hydroxylation is 1. The fourth-order valence-corrected chi connectivity index (χ4v) is 11.0. The summed E-state index contributed by atoms with van der Waals surface area (Å²) >= 11 is 2.33. The monoisotopic (exact) mass is 1070 g/mol. The molecule has 0 N–H and O–H groups in total. The van der Waals surface area contributed by atoms with E-state index in [4.69, 9.17) is 15.2 Å². The summed E-state index contributed by atoms with van der Waals surface area (Å²) < 4.78 is 65.3. The van der Waals surface area contributed by atoms with Crippen molar-refractivity contribution < 1.29 is 32.3 Å². The Labute approximate surface area is 420 Å². The van der Waals surface area contributed by atoms with Crippen molar-refractivity contribution in [2.45, 2.75) is 6.85 Å². The van der Waals surface area contributed by atoms with E-state index in [0.717, 1.165) is 81.9 Å². The number of benzene rings is 9. The van der Waals surface area contributed by atoms with E-state index in [0.29, 0.717) is 11.4 Å². The molecule has 4 heterocycles. The summed E-state index contributed by atoms with van der Waals surface area (Å²) in [6.45, 7) is -2.87. The Hall–Kier alpha value is -8.25. The fraction of sp³-hybridized carbons (Fsp3) is 0.0164. The molecule has 2 aliphatic rings. The average Bonchev–Trinajstić information content (AvgIpc) is 4.03. The van der Waals surface area contributed by atoms with Crippen LogP contribution in [0.4, 0.5) is 22.9 Å². The Balaban J connectivity index is 0.949. The first-order chi connectivity index (χ1) is 36.5. The molecule has 0 aliphatic carbocycles. The van der Waals surface area contributed by atoms with Crippen molar-refractivity contribution in [3.05, 3.63) is 246 Å². The first kappa shape index (κ1) is 35.0. The van der Waals surface area contributed by atoms with E-state index in [1.807, 2.05) is 126 Å². The molecule has 69 heavy (non-hydrogen) atoms. The molecule has 0 spiro atoms. The zero-order chi connectivity index (χ0) is 51.1. The average molecular weight is 1070 g/mol. The number of rotatable bonds is 8. The van der Waals surface area contributed by atoms with Crippen molar-refractivity contribution in [2.24, 2.45) is 0 Å². The van der Waals surface area contributed by atoms with Crippen molar-refractivity contribution in [3.63, 3.8) is 0 Å². The van der Waals surface area contributed by atoms with Crippen LogP contribution in [0.5, 0.6) is 11.6 Å². The van der Waals surface area contributed by atoms with Gasteiger partial charge in [-0.1, -0.05) is 42.5 Å². The SMILES string of the molecule is [2H]c1c(Oc2[c-]c(-n3[c](=[Pt])n(-c4c(-c5ccccc5)cc(C([2H])([2H])[2H])cc4-c4ccc(-c5ccccc5)cc4)c4ccccc43)ccc2)nc(N2B3c4ccccc4-c4ccccc4N3c3ccc[c-]c32)c([2H])c1[2H]. The van der Waals surface area contributed by atoms with Gasteiger partial charge in [0.05, 0.1) is 0 Å². The van der Waals surface area contributed by atoms with Gasteiger partial charge in [-0.05, 0) is 11.6 Å². The van der Waals surface area contributed by atoms with E-state index < -0.39 is 13.8 Å². The van der Waals surface area contributed by atoms with Crippen molar-refractivity contribution in [1.29, 1.82) is 0 Å². The number of fused-ring (bicyclic) bond motifs is 9. The third-order valence-corrected chi connectivity index (χ3v) is 13.9. The number of imidazole rings is 1. The summed E-state index contributed by atoms with van der Waals surface area (Å²) in [6.07, 6.45) is 0. The molecular formula is C61H40BN5OPt-2. The maximum absolute atomic E-state index is 9.36. The van der Waals surface area contributed by atoms with Crippen LogP contribution in [0.25, 0.3) is 66.9 Å². The molecule has 0 atom stereocenters. The van der Waals surface area contributed by atoms with Crippen LogP contribution >= 0.6 is 0 Å². The zero-order valence-corrected chi connectivity index (χ0v) is 38.9. The van der Waals surface area contributed by atoms with E-state index in [1.54, 1.807) is 18.2 Å². The van der Waals surface area contributed by atoms with Crippen LogP contribution in [-0.4, -0.2) is 21.1 Å². The Kier molecular flexibility index (Phi) is 8.52. The van der Waals surface area contributed by atoms with E-state index in [1.165, 1.54) is 0 Å². The van der Waals surface area contributed by atoms with Gasteiger partial charge in [0.15, 0.2) is 0 Å². The molecule has 0 fully saturated rings. The molecule has 0 unspecified atom stereocenters. The Morgan fingerprint density at radius 1 is 0.580 bits per heavy atom. The van der Waals surface area contributed by atoms with Crippen LogP contribution in [0.15, 0.2) is 224 Å². The molecule has 2 aliphatic heterocycles. The van der Waals surface area contributed by atoms with Gasteiger partial charge >= 0.3 is 339 Å². The number of pyridine rings is 1. The Morgan fingerprint density at radius 3 is 2.00 bits per heavy atom. The molecule has 0 bridgehead atoms. The number of anilines is 4. The van der Waals surface area contributed by atoms with Crippen LogP contribution in [-0.2, 0) is 19.4 Å². The van der Waals surface area contributed by atoms with E-state index in [2.05, 4.69) is 112 Å². The Bertz CT molecular complexity index is 4130. The molecular weight excluding hydrogens is 1020 g/mol. The number of para-hydroxylation sites is 4. The predicted octanol–water partition coefficient (Wildman–Crippen LogP) is 14.3. The number of hydrogen-bond acceptors (Lipinski definition) is 4. The molecule has 13 rings (SSSR count). The van der Waals surface area contributed by atoms with Crippen LogP contribution in [0.3, 0.4) is 0 Å². The first-order valence-electron chi connectivity index (χ1n) is 25.6. The Morgan fingerprint density at radius 2 is 1.22 bits per heavy atom. The topological polar surface area (TPSA) is 38.5 Å². The second-order valence-corrected chi connectivity index (χ2v) is 17.9. The second-order valence-electron chi connectivity index (χ2n) is 16.9. The molecule has 8 heteroatoms.